The first kappa shape index (κ1) is 11.6. The number of anilines is 1. The molecule has 2 heterocycles. The fourth-order valence-electron chi connectivity index (χ4n) is 1.39. The molecule has 0 amide bonds. The van der Waals surface area contributed by atoms with Crippen LogP contribution < -0.4 is 5.32 Å². The smallest absolute Gasteiger partial charge is 0.138 e. The number of hydrogen-bond donors (Lipinski definition) is 1. The van der Waals surface area contributed by atoms with Crippen LogP contribution in [-0.4, -0.2) is 21.4 Å². The average molecular weight is 256 g/mol. The summed E-state index contributed by atoms with van der Waals surface area (Å²) in [7, 11) is 0. The number of alkyl halides is 1. The zero-order valence-corrected chi connectivity index (χ0v) is 10.9. The van der Waals surface area contributed by atoms with Gasteiger partial charge in [0.25, 0.3) is 0 Å². The molecule has 0 saturated carbocycles. The van der Waals surface area contributed by atoms with E-state index in [1.807, 2.05) is 11.4 Å². The van der Waals surface area contributed by atoms with Gasteiger partial charge in [-0.3, -0.25) is 0 Å². The van der Waals surface area contributed by atoms with Gasteiger partial charge in [-0.15, -0.1) is 22.9 Å². The van der Waals surface area contributed by atoms with Crippen LogP contribution in [0.25, 0.3) is 10.2 Å². The predicted octanol–water partition coefficient (Wildman–Crippen LogP) is 3.51. The van der Waals surface area contributed by atoms with Gasteiger partial charge in [0.1, 0.15) is 17.0 Å². The number of fused-ring (bicyclic) bond motifs is 1. The molecule has 0 spiro atoms. The largest absolute Gasteiger partial charge is 0.363 e. The standard InChI is InChI=1S/C11H14ClN3S/c1-3-11(2,6-12)15-9-8-4-5-16-10(8)14-7-13-9/h4-5,7H,3,6H2,1-2H3,(H,13,14,15). The van der Waals surface area contributed by atoms with Gasteiger partial charge in [0.15, 0.2) is 0 Å². The summed E-state index contributed by atoms with van der Waals surface area (Å²) in [5.74, 6) is 1.43. The van der Waals surface area contributed by atoms with Gasteiger partial charge in [0.2, 0.25) is 0 Å². The number of hydrogen-bond acceptors (Lipinski definition) is 4. The van der Waals surface area contributed by atoms with Crippen molar-refractivity contribution in [3.63, 3.8) is 0 Å². The molecule has 0 aromatic carbocycles. The highest BCUT2D eigenvalue weighted by atomic mass is 35.5. The molecule has 0 bridgehead atoms. The van der Waals surface area contributed by atoms with Crippen LogP contribution in [0.5, 0.6) is 0 Å². The van der Waals surface area contributed by atoms with E-state index in [0.717, 1.165) is 22.5 Å². The van der Waals surface area contributed by atoms with Crippen LogP contribution in [0.3, 0.4) is 0 Å². The zero-order valence-electron chi connectivity index (χ0n) is 9.33. The second kappa shape index (κ2) is 4.55. The minimum absolute atomic E-state index is 0.120. The maximum atomic E-state index is 5.98. The summed E-state index contributed by atoms with van der Waals surface area (Å²) in [6, 6.07) is 2.03. The van der Waals surface area contributed by atoms with Crippen LogP contribution in [0.4, 0.5) is 5.82 Å². The van der Waals surface area contributed by atoms with Gasteiger partial charge >= 0.3 is 0 Å². The van der Waals surface area contributed by atoms with Crippen LogP contribution >= 0.6 is 22.9 Å². The van der Waals surface area contributed by atoms with Crippen molar-refractivity contribution in [3.05, 3.63) is 17.8 Å². The van der Waals surface area contributed by atoms with E-state index in [1.54, 1.807) is 17.7 Å². The van der Waals surface area contributed by atoms with Crippen molar-refractivity contribution < 1.29 is 0 Å². The summed E-state index contributed by atoms with van der Waals surface area (Å²) in [6.45, 7) is 4.21. The van der Waals surface area contributed by atoms with E-state index in [4.69, 9.17) is 11.6 Å². The lowest BCUT2D eigenvalue weighted by molar-refractivity contribution is 0.552. The van der Waals surface area contributed by atoms with E-state index in [9.17, 15) is 0 Å². The molecule has 86 valence electrons. The van der Waals surface area contributed by atoms with Crippen LogP contribution in [-0.2, 0) is 0 Å². The molecule has 2 rings (SSSR count). The lowest BCUT2D eigenvalue weighted by atomic mass is 10.0. The van der Waals surface area contributed by atoms with Gasteiger partial charge in [-0.05, 0) is 24.8 Å². The van der Waals surface area contributed by atoms with Gasteiger partial charge in [-0.25, -0.2) is 9.97 Å². The van der Waals surface area contributed by atoms with Crippen molar-refractivity contribution in [2.45, 2.75) is 25.8 Å². The molecule has 0 aliphatic heterocycles. The molecule has 16 heavy (non-hydrogen) atoms. The number of nitrogens with zero attached hydrogens (tertiary/aromatic N) is 2. The molecule has 1 unspecified atom stereocenters. The topological polar surface area (TPSA) is 37.8 Å². The molecule has 1 atom stereocenters. The second-order valence-electron chi connectivity index (χ2n) is 4.03. The molecule has 0 fully saturated rings. The zero-order chi connectivity index (χ0) is 11.6. The number of thiophene rings is 1. The Bertz CT molecular complexity index is 479. The fraction of sp³-hybridized carbons (Fsp3) is 0.455. The maximum absolute atomic E-state index is 5.98. The van der Waals surface area contributed by atoms with Crippen LogP contribution in [0, 0.1) is 0 Å². The van der Waals surface area contributed by atoms with Crippen molar-refractivity contribution in [1.82, 2.24) is 9.97 Å². The van der Waals surface area contributed by atoms with Gasteiger partial charge in [0.05, 0.1) is 5.39 Å². The lowest BCUT2D eigenvalue weighted by Gasteiger charge is -2.27. The third-order valence-electron chi connectivity index (χ3n) is 2.76. The predicted molar refractivity (Wildman–Crippen MR) is 70.5 cm³/mol. The van der Waals surface area contributed by atoms with Gasteiger partial charge in [-0.2, -0.15) is 0 Å². The summed E-state index contributed by atoms with van der Waals surface area (Å²) in [4.78, 5) is 9.51. The van der Waals surface area contributed by atoms with Crippen LogP contribution in [0.2, 0.25) is 0 Å². The molecular weight excluding hydrogens is 242 g/mol. The van der Waals surface area contributed by atoms with E-state index in [2.05, 4.69) is 29.1 Å². The van der Waals surface area contributed by atoms with Crippen LogP contribution in [0.15, 0.2) is 17.8 Å². The first-order chi connectivity index (χ1) is 7.68. The monoisotopic (exact) mass is 255 g/mol. The first-order valence-electron chi connectivity index (χ1n) is 5.21. The molecule has 0 aliphatic rings. The van der Waals surface area contributed by atoms with Crippen molar-refractivity contribution in [3.8, 4) is 0 Å². The SMILES string of the molecule is CCC(C)(CCl)Nc1ncnc2sccc12. The number of nitrogens with one attached hydrogen (secondary N) is 1. The van der Waals surface area contributed by atoms with Crippen molar-refractivity contribution in [2.24, 2.45) is 0 Å². The summed E-state index contributed by atoms with van der Waals surface area (Å²) in [5, 5.41) is 6.50. The third-order valence-corrected chi connectivity index (χ3v) is 4.17. The summed E-state index contributed by atoms with van der Waals surface area (Å²) in [5.41, 5.74) is -0.120. The number of aromatic nitrogens is 2. The molecule has 0 aliphatic carbocycles. The van der Waals surface area contributed by atoms with E-state index in [-0.39, 0.29) is 5.54 Å². The van der Waals surface area contributed by atoms with E-state index in [1.165, 1.54) is 0 Å². The Morgan fingerprint density at radius 3 is 3.00 bits per heavy atom. The molecule has 2 aromatic rings. The average Bonchev–Trinajstić information content (AvgIpc) is 2.78. The molecular formula is C11H14ClN3S. The Morgan fingerprint density at radius 2 is 2.31 bits per heavy atom. The molecule has 0 radical (unpaired) electrons. The minimum atomic E-state index is -0.120. The van der Waals surface area contributed by atoms with Gasteiger partial charge < -0.3 is 5.32 Å². The first-order valence-corrected chi connectivity index (χ1v) is 6.62. The molecule has 5 heteroatoms. The second-order valence-corrected chi connectivity index (χ2v) is 5.20. The van der Waals surface area contributed by atoms with Crippen molar-refractivity contribution in [1.29, 1.82) is 0 Å². The van der Waals surface area contributed by atoms with E-state index < -0.39 is 0 Å². The Balaban J connectivity index is 2.37. The molecule has 3 nitrogen and oxygen atoms in total. The Hall–Kier alpha value is -0.870. The van der Waals surface area contributed by atoms with Crippen molar-refractivity contribution >= 4 is 39.0 Å². The summed E-state index contributed by atoms with van der Waals surface area (Å²) < 4.78 is 0. The highest BCUT2D eigenvalue weighted by molar-refractivity contribution is 7.16. The third kappa shape index (κ3) is 2.13. The summed E-state index contributed by atoms with van der Waals surface area (Å²) >= 11 is 7.60. The Labute approximate surface area is 104 Å². The van der Waals surface area contributed by atoms with E-state index >= 15 is 0 Å². The van der Waals surface area contributed by atoms with Crippen LogP contribution in [0.1, 0.15) is 20.3 Å². The van der Waals surface area contributed by atoms with Crippen molar-refractivity contribution in [2.75, 3.05) is 11.2 Å². The normalized spacial score (nSPS) is 14.9. The molecule has 1 N–H and O–H groups in total. The minimum Gasteiger partial charge on any atom is -0.363 e. The summed E-state index contributed by atoms with van der Waals surface area (Å²) in [6.07, 6.45) is 2.54. The maximum Gasteiger partial charge on any atom is 0.138 e. The molecule has 0 saturated heterocycles. The van der Waals surface area contributed by atoms with Gasteiger partial charge in [-0.1, -0.05) is 6.92 Å². The Morgan fingerprint density at radius 1 is 1.50 bits per heavy atom. The number of halogens is 1. The van der Waals surface area contributed by atoms with Gasteiger partial charge in [0, 0.05) is 11.4 Å². The van der Waals surface area contributed by atoms with E-state index in [0.29, 0.717) is 5.88 Å². The lowest BCUT2D eigenvalue weighted by Crippen LogP contribution is -2.36. The Kier molecular flexibility index (Phi) is 3.30. The number of rotatable bonds is 4. The fourth-order valence-corrected chi connectivity index (χ4v) is 2.38. The molecule has 2 aromatic heterocycles. The quantitative estimate of drug-likeness (QED) is 0.850. The highest BCUT2D eigenvalue weighted by Gasteiger charge is 2.21. The highest BCUT2D eigenvalue weighted by Crippen LogP contribution is 2.27.